The summed E-state index contributed by atoms with van der Waals surface area (Å²) in [4.78, 5) is 4.52. The summed E-state index contributed by atoms with van der Waals surface area (Å²) in [5, 5.41) is 13.9. The first kappa shape index (κ1) is 13.2. The van der Waals surface area contributed by atoms with Crippen LogP contribution in [0, 0.1) is 5.92 Å². The van der Waals surface area contributed by atoms with Crippen LogP contribution in [-0.4, -0.2) is 15.2 Å². The van der Waals surface area contributed by atoms with Crippen molar-refractivity contribution in [2.75, 3.05) is 0 Å². The molecule has 1 heterocycles. The lowest BCUT2D eigenvalue weighted by atomic mass is 9.82. The number of para-hydroxylation sites is 1. The Labute approximate surface area is 118 Å². The van der Waals surface area contributed by atoms with Crippen LogP contribution in [0.25, 0.3) is 0 Å². The molecule has 3 rings (SSSR count). The van der Waals surface area contributed by atoms with E-state index in [0.717, 1.165) is 30.1 Å². The van der Waals surface area contributed by atoms with Crippen molar-refractivity contribution in [2.24, 2.45) is 5.92 Å². The Hall–Kier alpha value is -1.84. The molecular formula is C16H20N2O2. The third-order valence-corrected chi connectivity index (χ3v) is 4.12. The Morgan fingerprint density at radius 1 is 1.30 bits per heavy atom. The second-order valence-corrected chi connectivity index (χ2v) is 5.82. The van der Waals surface area contributed by atoms with Crippen molar-refractivity contribution in [3.8, 4) is 5.75 Å². The zero-order valence-corrected chi connectivity index (χ0v) is 11.7. The average molecular weight is 272 g/mol. The molecule has 4 nitrogen and oxygen atoms in total. The Balaban J connectivity index is 1.72. The van der Waals surface area contributed by atoms with Gasteiger partial charge >= 0.3 is 0 Å². The molecule has 1 N–H and O–H groups in total. The van der Waals surface area contributed by atoms with Crippen LogP contribution in [0.1, 0.15) is 55.8 Å². The first-order chi connectivity index (χ1) is 9.72. The van der Waals surface area contributed by atoms with Gasteiger partial charge in [0, 0.05) is 11.5 Å². The van der Waals surface area contributed by atoms with Crippen molar-refractivity contribution in [1.82, 2.24) is 10.1 Å². The van der Waals surface area contributed by atoms with E-state index in [1.165, 1.54) is 12.8 Å². The van der Waals surface area contributed by atoms with E-state index in [4.69, 9.17) is 4.52 Å². The van der Waals surface area contributed by atoms with E-state index in [9.17, 15) is 5.11 Å². The smallest absolute Gasteiger partial charge is 0.231 e. The number of nitrogens with zero attached hydrogens (tertiary/aromatic N) is 2. The number of phenolic OH excluding ortho intramolecular Hbond substituents is 1. The molecule has 2 atom stereocenters. The Morgan fingerprint density at radius 2 is 2.15 bits per heavy atom. The van der Waals surface area contributed by atoms with Crippen molar-refractivity contribution in [3.63, 3.8) is 0 Å². The third-order valence-electron chi connectivity index (χ3n) is 4.12. The van der Waals surface area contributed by atoms with Gasteiger partial charge in [0.1, 0.15) is 5.75 Å². The van der Waals surface area contributed by atoms with E-state index in [1.807, 2.05) is 18.2 Å². The molecule has 4 heteroatoms. The molecular weight excluding hydrogens is 252 g/mol. The standard InChI is InChI=1S/C16H20N2O2/c1-11-5-4-7-13(9-11)16-17-15(20-18-16)10-12-6-2-3-8-14(12)19/h2-3,6,8,11,13,19H,4-5,7,9-10H2,1H3. The number of aromatic hydroxyl groups is 1. The minimum Gasteiger partial charge on any atom is -0.508 e. The van der Waals surface area contributed by atoms with Crippen molar-refractivity contribution < 1.29 is 9.63 Å². The van der Waals surface area contributed by atoms with Crippen LogP contribution < -0.4 is 0 Å². The molecule has 0 bridgehead atoms. The maximum atomic E-state index is 9.77. The van der Waals surface area contributed by atoms with Gasteiger partial charge in [0.2, 0.25) is 5.89 Å². The predicted octanol–water partition coefficient (Wildman–Crippen LogP) is 3.66. The van der Waals surface area contributed by atoms with Crippen LogP contribution >= 0.6 is 0 Å². The fourth-order valence-corrected chi connectivity index (χ4v) is 3.00. The summed E-state index contributed by atoms with van der Waals surface area (Å²) < 4.78 is 5.34. The fourth-order valence-electron chi connectivity index (χ4n) is 3.00. The zero-order valence-electron chi connectivity index (χ0n) is 11.7. The molecule has 1 aliphatic carbocycles. The van der Waals surface area contributed by atoms with E-state index < -0.39 is 0 Å². The molecule has 1 aromatic heterocycles. The Bertz CT molecular complexity index is 579. The number of hydrogen-bond donors (Lipinski definition) is 1. The third kappa shape index (κ3) is 2.84. The lowest BCUT2D eigenvalue weighted by molar-refractivity contribution is 0.320. The summed E-state index contributed by atoms with van der Waals surface area (Å²) in [5.41, 5.74) is 0.819. The molecule has 0 spiro atoms. The maximum absolute atomic E-state index is 9.77. The number of rotatable bonds is 3. The predicted molar refractivity (Wildman–Crippen MR) is 75.6 cm³/mol. The zero-order chi connectivity index (χ0) is 13.9. The summed E-state index contributed by atoms with van der Waals surface area (Å²) in [6, 6.07) is 7.26. The fraction of sp³-hybridized carbons (Fsp3) is 0.500. The van der Waals surface area contributed by atoms with Crippen LogP contribution in [0.2, 0.25) is 0 Å². The first-order valence-corrected chi connectivity index (χ1v) is 7.31. The monoisotopic (exact) mass is 272 g/mol. The van der Waals surface area contributed by atoms with E-state index in [2.05, 4.69) is 17.1 Å². The Morgan fingerprint density at radius 3 is 2.95 bits per heavy atom. The maximum Gasteiger partial charge on any atom is 0.231 e. The molecule has 106 valence electrons. The lowest BCUT2D eigenvalue weighted by Crippen LogP contribution is -2.12. The molecule has 0 amide bonds. The highest BCUT2D eigenvalue weighted by atomic mass is 16.5. The van der Waals surface area contributed by atoms with Gasteiger partial charge in [-0.15, -0.1) is 0 Å². The van der Waals surface area contributed by atoms with Crippen LogP contribution in [0.4, 0.5) is 0 Å². The number of hydrogen-bond acceptors (Lipinski definition) is 4. The van der Waals surface area contributed by atoms with Crippen LogP contribution in [-0.2, 0) is 6.42 Å². The van der Waals surface area contributed by atoms with Crippen molar-refractivity contribution >= 4 is 0 Å². The van der Waals surface area contributed by atoms with Gasteiger partial charge in [-0.3, -0.25) is 0 Å². The number of aromatic nitrogens is 2. The Kier molecular flexibility index (Phi) is 3.72. The number of phenols is 1. The van der Waals surface area contributed by atoms with Crippen molar-refractivity contribution in [2.45, 2.75) is 44.9 Å². The summed E-state index contributed by atoms with van der Waals surface area (Å²) >= 11 is 0. The second kappa shape index (κ2) is 5.65. The number of benzene rings is 1. The van der Waals surface area contributed by atoms with Crippen molar-refractivity contribution in [3.05, 3.63) is 41.5 Å². The average Bonchev–Trinajstić information content (AvgIpc) is 2.90. The molecule has 1 aliphatic rings. The molecule has 0 saturated heterocycles. The van der Waals surface area contributed by atoms with E-state index in [1.54, 1.807) is 6.07 Å². The van der Waals surface area contributed by atoms with Gasteiger partial charge in [-0.05, 0) is 24.8 Å². The molecule has 20 heavy (non-hydrogen) atoms. The van der Waals surface area contributed by atoms with E-state index >= 15 is 0 Å². The highest BCUT2D eigenvalue weighted by Crippen LogP contribution is 2.34. The highest BCUT2D eigenvalue weighted by molar-refractivity contribution is 5.33. The minimum absolute atomic E-state index is 0.276. The topological polar surface area (TPSA) is 59.2 Å². The van der Waals surface area contributed by atoms with Crippen LogP contribution in [0.5, 0.6) is 5.75 Å². The SMILES string of the molecule is CC1CCCC(c2noc(Cc3ccccc3O)n2)C1. The molecule has 1 saturated carbocycles. The minimum atomic E-state index is 0.276. The summed E-state index contributed by atoms with van der Waals surface area (Å²) in [6.07, 6.45) is 5.34. The van der Waals surface area contributed by atoms with E-state index in [0.29, 0.717) is 18.2 Å². The molecule has 0 radical (unpaired) electrons. The lowest BCUT2D eigenvalue weighted by Gasteiger charge is -2.23. The first-order valence-electron chi connectivity index (χ1n) is 7.31. The van der Waals surface area contributed by atoms with Gasteiger partial charge in [0.05, 0.1) is 6.42 Å². The quantitative estimate of drug-likeness (QED) is 0.926. The van der Waals surface area contributed by atoms with Crippen LogP contribution in [0.15, 0.2) is 28.8 Å². The second-order valence-electron chi connectivity index (χ2n) is 5.82. The van der Waals surface area contributed by atoms with Gasteiger partial charge in [-0.2, -0.15) is 4.98 Å². The highest BCUT2D eigenvalue weighted by Gasteiger charge is 2.24. The van der Waals surface area contributed by atoms with Gasteiger partial charge in [0.15, 0.2) is 5.82 Å². The summed E-state index contributed by atoms with van der Waals surface area (Å²) in [7, 11) is 0. The molecule has 1 fully saturated rings. The van der Waals surface area contributed by atoms with Gasteiger partial charge in [-0.1, -0.05) is 43.1 Å². The van der Waals surface area contributed by atoms with Gasteiger partial charge < -0.3 is 9.63 Å². The molecule has 1 aromatic carbocycles. The molecule has 2 aromatic rings. The summed E-state index contributed by atoms with van der Waals surface area (Å²) in [6.45, 7) is 2.29. The van der Waals surface area contributed by atoms with Crippen LogP contribution in [0.3, 0.4) is 0 Å². The molecule has 0 aliphatic heterocycles. The van der Waals surface area contributed by atoms with Gasteiger partial charge in [-0.25, -0.2) is 0 Å². The normalized spacial score (nSPS) is 22.9. The van der Waals surface area contributed by atoms with E-state index in [-0.39, 0.29) is 5.75 Å². The van der Waals surface area contributed by atoms with Crippen molar-refractivity contribution in [1.29, 1.82) is 0 Å². The largest absolute Gasteiger partial charge is 0.508 e. The van der Waals surface area contributed by atoms with Gasteiger partial charge in [0.25, 0.3) is 0 Å². The summed E-state index contributed by atoms with van der Waals surface area (Å²) in [5.74, 6) is 2.87. The molecule has 2 unspecified atom stereocenters.